The average Bonchev–Trinajstić information content (AvgIpc) is 2.27. The summed E-state index contributed by atoms with van der Waals surface area (Å²) in [5.74, 6) is 0. The Morgan fingerprint density at radius 3 is 2.00 bits per heavy atom. The lowest BCUT2D eigenvalue weighted by Gasteiger charge is -2.19. The van der Waals surface area contributed by atoms with Gasteiger partial charge in [-0.3, -0.25) is 0 Å². The highest BCUT2D eigenvalue weighted by molar-refractivity contribution is 7.89. The van der Waals surface area contributed by atoms with Crippen molar-refractivity contribution in [3.05, 3.63) is 30.3 Å². The summed E-state index contributed by atoms with van der Waals surface area (Å²) in [5, 5.41) is 0. The molecule has 1 rings (SSSR count). The van der Waals surface area contributed by atoms with Gasteiger partial charge >= 0.3 is 0 Å². The predicted octanol–water partition coefficient (Wildman–Crippen LogP) is 1.50. The van der Waals surface area contributed by atoms with E-state index in [-0.39, 0.29) is 7.43 Å². The average molecular weight is 258 g/mol. The number of benzene rings is 1. The fourth-order valence-electron chi connectivity index (χ4n) is 1.23. The SMILES string of the molecule is C.CN(C)CCN(C)S(=O)(=O)c1ccccc1. The maximum atomic E-state index is 12.1. The van der Waals surface area contributed by atoms with E-state index in [1.54, 1.807) is 37.4 Å². The van der Waals surface area contributed by atoms with E-state index in [9.17, 15) is 8.42 Å². The van der Waals surface area contributed by atoms with Crippen LogP contribution >= 0.6 is 0 Å². The molecule has 0 atom stereocenters. The van der Waals surface area contributed by atoms with Gasteiger partial charge in [-0.1, -0.05) is 25.6 Å². The summed E-state index contributed by atoms with van der Waals surface area (Å²) in [6.45, 7) is 1.20. The highest BCUT2D eigenvalue weighted by Gasteiger charge is 2.19. The lowest BCUT2D eigenvalue weighted by Crippen LogP contribution is -2.33. The van der Waals surface area contributed by atoms with Gasteiger partial charge < -0.3 is 4.90 Å². The molecule has 0 aliphatic rings. The van der Waals surface area contributed by atoms with Crippen LogP contribution in [0.5, 0.6) is 0 Å². The molecule has 0 aliphatic carbocycles. The van der Waals surface area contributed by atoms with E-state index >= 15 is 0 Å². The van der Waals surface area contributed by atoms with Gasteiger partial charge in [-0.05, 0) is 26.2 Å². The monoisotopic (exact) mass is 258 g/mol. The summed E-state index contributed by atoms with van der Waals surface area (Å²) in [4.78, 5) is 2.30. The van der Waals surface area contributed by atoms with Crippen molar-refractivity contribution in [1.82, 2.24) is 9.21 Å². The molecular formula is C12H22N2O2S. The number of likely N-dealkylation sites (N-methyl/N-ethyl adjacent to an activating group) is 2. The van der Waals surface area contributed by atoms with Crippen molar-refractivity contribution in [2.24, 2.45) is 0 Å². The third-order valence-electron chi connectivity index (χ3n) is 2.31. The molecule has 4 nitrogen and oxygen atoms in total. The fourth-order valence-corrected chi connectivity index (χ4v) is 2.42. The molecule has 1 aromatic rings. The topological polar surface area (TPSA) is 40.6 Å². The molecule has 5 heteroatoms. The minimum Gasteiger partial charge on any atom is -0.308 e. The molecule has 0 bridgehead atoms. The van der Waals surface area contributed by atoms with Crippen LogP contribution in [0.2, 0.25) is 0 Å². The zero-order chi connectivity index (χ0) is 12.2. The zero-order valence-electron chi connectivity index (χ0n) is 9.92. The molecule has 98 valence electrons. The van der Waals surface area contributed by atoms with Gasteiger partial charge in [-0.15, -0.1) is 0 Å². The van der Waals surface area contributed by atoms with Crippen LogP contribution in [-0.2, 0) is 10.0 Å². The number of rotatable bonds is 5. The molecular weight excluding hydrogens is 236 g/mol. The molecule has 0 amide bonds. The summed E-state index contributed by atoms with van der Waals surface area (Å²) in [6.07, 6.45) is 0. The Hall–Kier alpha value is -0.910. The Bertz CT molecular complexity index is 415. The van der Waals surface area contributed by atoms with E-state index in [2.05, 4.69) is 0 Å². The first-order valence-electron chi connectivity index (χ1n) is 5.10. The van der Waals surface area contributed by atoms with Crippen molar-refractivity contribution in [1.29, 1.82) is 0 Å². The number of hydrogen-bond donors (Lipinski definition) is 0. The van der Waals surface area contributed by atoms with Crippen LogP contribution in [0.25, 0.3) is 0 Å². The summed E-state index contributed by atoms with van der Waals surface area (Å²) >= 11 is 0. The Morgan fingerprint density at radius 1 is 1.00 bits per heavy atom. The molecule has 0 aromatic heterocycles. The normalized spacial score (nSPS) is 11.6. The number of sulfonamides is 1. The van der Waals surface area contributed by atoms with Gasteiger partial charge in [0, 0.05) is 20.1 Å². The Morgan fingerprint density at radius 2 is 1.53 bits per heavy atom. The van der Waals surface area contributed by atoms with Crippen LogP contribution in [0, 0.1) is 0 Å². The minimum absolute atomic E-state index is 0. The second-order valence-electron chi connectivity index (χ2n) is 3.94. The van der Waals surface area contributed by atoms with E-state index in [0.717, 1.165) is 0 Å². The Balaban J connectivity index is 0.00000256. The minimum atomic E-state index is -3.33. The van der Waals surface area contributed by atoms with Gasteiger partial charge in [0.05, 0.1) is 4.90 Å². The van der Waals surface area contributed by atoms with Gasteiger partial charge in [0.25, 0.3) is 0 Å². The quantitative estimate of drug-likeness (QED) is 0.803. The standard InChI is InChI=1S/C11H18N2O2S.CH4/c1-12(2)9-10-13(3)16(14,15)11-7-5-4-6-8-11;/h4-8H,9-10H2,1-3H3;1H4. The van der Waals surface area contributed by atoms with Crippen LogP contribution in [0.1, 0.15) is 7.43 Å². The molecule has 0 fully saturated rings. The Kier molecular flexibility index (Phi) is 6.37. The number of hydrogen-bond acceptors (Lipinski definition) is 3. The molecule has 1 aromatic carbocycles. The maximum Gasteiger partial charge on any atom is 0.242 e. The van der Waals surface area contributed by atoms with Crippen molar-refractivity contribution in [3.63, 3.8) is 0 Å². The van der Waals surface area contributed by atoms with Gasteiger partial charge in [-0.2, -0.15) is 4.31 Å². The van der Waals surface area contributed by atoms with Gasteiger partial charge in [0.1, 0.15) is 0 Å². The molecule has 0 spiro atoms. The van der Waals surface area contributed by atoms with E-state index in [1.165, 1.54) is 4.31 Å². The van der Waals surface area contributed by atoms with Crippen molar-refractivity contribution in [3.8, 4) is 0 Å². The molecule has 0 N–H and O–H groups in total. The van der Waals surface area contributed by atoms with Crippen LogP contribution in [-0.4, -0.2) is 51.9 Å². The summed E-state index contributed by atoms with van der Waals surface area (Å²) < 4.78 is 25.5. The van der Waals surface area contributed by atoms with Gasteiger partial charge in [0.15, 0.2) is 0 Å². The zero-order valence-corrected chi connectivity index (χ0v) is 10.7. The van der Waals surface area contributed by atoms with Crippen molar-refractivity contribution in [2.45, 2.75) is 12.3 Å². The second kappa shape index (κ2) is 6.74. The fraction of sp³-hybridized carbons (Fsp3) is 0.500. The van der Waals surface area contributed by atoms with E-state index in [4.69, 9.17) is 0 Å². The van der Waals surface area contributed by atoms with Crippen LogP contribution in [0.15, 0.2) is 35.2 Å². The van der Waals surface area contributed by atoms with E-state index < -0.39 is 10.0 Å². The second-order valence-corrected chi connectivity index (χ2v) is 5.99. The molecule has 0 unspecified atom stereocenters. The summed E-state index contributed by atoms with van der Waals surface area (Å²) in [6, 6.07) is 8.49. The molecule has 17 heavy (non-hydrogen) atoms. The smallest absolute Gasteiger partial charge is 0.242 e. The largest absolute Gasteiger partial charge is 0.308 e. The highest BCUT2D eigenvalue weighted by Crippen LogP contribution is 2.12. The first-order valence-corrected chi connectivity index (χ1v) is 6.54. The van der Waals surface area contributed by atoms with Crippen molar-refractivity contribution >= 4 is 10.0 Å². The molecule has 0 heterocycles. The summed E-state index contributed by atoms with van der Waals surface area (Å²) in [5.41, 5.74) is 0. The van der Waals surface area contributed by atoms with Crippen LogP contribution in [0.4, 0.5) is 0 Å². The maximum absolute atomic E-state index is 12.1. The van der Waals surface area contributed by atoms with E-state index in [1.807, 2.05) is 19.0 Å². The molecule has 0 aliphatic heterocycles. The highest BCUT2D eigenvalue weighted by atomic mass is 32.2. The third-order valence-corrected chi connectivity index (χ3v) is 4.18. The predicted molar refractivity (Wildman–Crippen MR) is 71.5 cm³/mol. The van der Waals surface area contributed by atoms with Gasteiger partial charge in [-0.25, -0.2) is 8.42 Å². The van der Waals surface area contributed by atoms with Crippen LogP contribution < -0.4 is 0 Å². The van der Waals surface area contributed by atoms with Crippen molar-refractivity contribution in [2.75, 3.05) is 34.2 Å². The van der Waals surface area contributed by atoms with E-state index in [0.29, 0.717) is 18.0 Å². The summed E-state index contributed by atoms with van der Waals surface area (Å²) in [7, 11) is 2.11. The van der Waals surface area contributed by atoms with Crippen molar-refractivity contribution < 1.29 is 8.42 Å². The molecule has 0 saturated carbocycles. The third kappa shape index (κ3) is 4.46. The molecule has 0 saturated heterocycles. The van der Waals surface area contributed by atoms with Gasteiger partial charge in [0.2, 0.25) is 10.0 Å². The first kappa shape index (κ1) is 16.1. The lowest BCUT2D eigenvalue weighted by molar-refractivity contribution is 0.358. The lowest BCUT2D eigenvalue weighted by atomic mass is 10.4. The number of nitrogens with zero attached hydrogens (tertiary/aromatic N) is 2. The first-order chi connectivity index (χ1) is 7.44. The molecule has 0 radical (unpaired) electrons. The van der Waals surface area contributed by atoms with Crippen LogP contribution in [0.3, 0.4) is 0 Å². The Labute approximate surface area is 105 Å².